The largest absolute Gasteiger partial charge is 0.409 e. The molecule has 0 bridgehead atoms. The third-order valence-corrected chi connectivity index (χ3v) is 6.86. The summed E-state index contributed by atoms with van der Waals surface area (Å²) in [5.74, 6) is -9.62. The van der Waals surface area contributed by atoms with Gasteiger partial charge in [0.15, 0.2) is 0 Å². The third kappa shape index (κ3) is 4.97. The molecule has 0 saturated heterocycles. The molecule has 0 radical (unpaired) electrons. The van der Waals surface area contributed by atoms with Crippen LogP contribution in [0.15, 0.2) is 48.1 Å². The van der Waals surface area contributed by atoms with Crippen molar-refractivity contribution in [1.82, 2.24) is 0 Å². The monoisotopic (exact) mass is 516 g/mol. The van der Waals surface area contributed by atoms with E-state index < -0.39 is 75.2 Å². The summed E-state index contributed by atoms with van der Waals surface area (Å²) in [4.78, 5) is 0. The molecule has 4 unspecified atom stereocenters. The maximum Gasteiger partial charge on any atom is 0.409 e. The summed E-state index contributed by atoms with van der Waals surface area (Å²) in [6.45, 7) is 3.22. The molecule has 0 spiro atoms. The second kappa shape index (κ2) is 9.48. The van der Waals surface area contributed by atoms with E-state index in [4.69, 9.17) is 0 Å². The van der Waals surface area contributed by atoms with E-state index in [-0.39, 0.29) is 18.1 Å². The molecule has 0 aromatic heterocycles. The van der Waals surface area contributed by atoms with Gasteiger partial charge in [0.25, 0.3) is 0 Å². The highest BCUT2D eigenvalue weighted by molar-refractivity contribution is 5.81. The first-order valence-corrected chi connectivity index (χ1v) is 11.3. The van der Waals surface area contributed by atoms with Crippen molar-refractivity contribution in [2.75, 3.05) is 0 Å². The summed E-state index contributed by atoms with van der Waals surface area (Å²) < 4.78 is 126. The molecule has 2 aromatic carbocycles. The van der Waals surface area contributed by atoms with Gasteiger partial charge in [-0.05, 0) is 65.8 Å². The number of rotatable bonds is 5. The Balaban J connectivity index is 1.69. The quantitative estimate of drug-likeness (QED) is 0.348. The minimum atomic E-state index is -4.83. The van der Waals surface area contributed by atoms with E-state index in [1.165, 1.54) is 19.1 Å². The molecular formula is C27H21F9. The zero-order valence-corrected chi connectivity index (χ0v) is 19.2. The van der Waals surface area contributed by atoms with Crippen molar-refractivity contribution in [3.63, 3.8) is 0 Å². The van der Waals surface area contributed by atoms with Gasteiger partial charge < -0.3 is 0 Å². The van der Waals surface area contributed by atoms with Gasteiger partial charge in [0.05, 0.1) is 0 Å². The molecule has 0 heterocycles. The van der Waals surface area contributed by atoms with E-state index in [1.54, 1.807) is 0 Å². The van der Waals surface area contributed by atoms with E-state index in [0.717, 1.165) is 18.9 Å². The fraction of sp³-hybridized carbons (Fsp3) is 0.333. The molecular weight excluding hydrogens is 495 g/mol. The average Bonchev–Trinajstić information content (AvgIpc) is 3.55. The Morgan fingerprint density at radius 3 is 1.97 bits per heavy atom. The first-order chi connectivity index (χ1) is 16.8. The number of halogens is 9. The average molecular weight is 516 g/mol. The highest BCUT2D eigenvalue weighted by Crippen LogP contribution is 2.51. The molecule has 192 valence electrons. The lowest BCUT2D eigenvalue weighted by Crippen LogP contribution is -2.18. The van der Waals surface area contributed by atoms with Crippen LogP contribution in [0.2, 0.25) is 0 Å². The minimum absolute atomic E-state index is 0.0334. The molecule has 0 nitrogen and oxygen atoms in total. The Morgan fingerprint density at radius 2 is 1.47 bits per heavy atom. The van der Waals surface area contributed by atoms with Crippen LogP contribution in [0.1, 0.15) is 60.8 Å². The fourth-order valence-corrected chi connectivity index (χ4v) is 4.80. The third-order valence-electron chi connectivity index (χ3n) is 6.86. The van der Waals surface area contributed by atoms with Crippen molar-refractivity contribution >= 4 is 11.6 Å². The molecule has 0 N–H and O–H groups in total. The molecule has 1 saturated carbocycles. The van der Waals surface area contributed by atoms with Crippen molar-refractivity contribution in [2.24, 2.45) is 11.8 Å². The van der Waals surface area contributed by atoms with E-state index >= 15 is 8.78 Å². The van der Waals surface area contributed by atoms with Gasteiger partial charge in [-0.1, -0.05) is 20.3 Å². The van der Waals surface area contributed by atoms with Crippen LogP contribution in [0.4, 0.5) is 39.5 Å². The molecule has 1 fully saturated rings. The maximum atomic E-state index is 15.3. The van der Waals surface area contributed by atoms with Crippen LogP contribution in [-0.2, 0) is 0 Å². The van der Waals surface area contributed by atoms with Crippen molar-refractivity contribution < 1.29 is 39.5 Å². The van der Waals surface area contributed by atoms with Crippen molar-refractivity contribution in [3.8, 4) is 0 Å². The predicted molar refractivity (Wildman–Crippen MR) is 118 cm³/mol. The van der Waals surface area contributed by atoms with Gasteiger partial charge in [-0.25, -0.2) is 26.3 Å². The number of hydrogen-bond acceptors (Lipinski definition) is 0. The van der Waals surface area contributed by atoms with Gasteiger partial charge in [0, 0.05) is 34.6 Å². The molecule has 36 heavy (non-hydrogen) atoms. The summed E-state index contributed by atoms with van der Waals surface area (Å²) in [5.41, 5.74) is -2.50. The fourth-order valence-electron chi connectivity index (χ4n) is 4.80. The lowest BCUT2D eigenvalue weighted by molar-refractivity contribution is -0.0790. The van der Waals surface area contributed by atoms with Crippen molar-refractivity contribution in [2.45, 2.75) is 44.7 Å². The molecule has 4 atom stereocenters. The standard InChI is InChI=1S/C27H21F9/c1-3-13-6-18(13)14-7-21(30)25(22(31)8-14)17-11-23(32)24(26(33)12(17)2)15-9-19(28)16(20(29)10-15)4-5-27(34,35)36/h4-5,7-13,17-18H,3,6H2,1-2H3/b5-4+. The second-order valence-electron chi connectivity index (χ2n) is 9.19. The molecule has 4 rings (SSSR count). The van der Waals surface area contributed by atoms with Gasteiger partial charge in [-0.15, -0.1) is 0 Å². The zero-order chi connectivity index (χ0) is 26.5. The summed E-state index contributed by atoms with van der Waals surface area (Å²) in [5, 5.41) is 0. The van der Waals surface area contributed by atoms with Gasteiger partial charge in [0.2, 0.25) is 0 Å². The van der Waals surface area contributed by atoms with Gasteiger partial charge in [0.1, 0.15) is 34.9 Å². The van der Waals surface area contributed by atoms with Crippen LogP contribution >= 0.6 is 0 Å². The van der Waals surface area contributed by atoms with Crippen LogP contribution < -0.4 is 0 Å². The van der Waals surface area contributed by atoms with Crippen LogP contribution in [-0.4, -0.2) is 6.18 Å². The van der Waals surface area contributed by atoms with E-state index in [0.29, 0.717) is 23.6 Å². The molecule has 0 aliphatic heterocycles. The lowest BCUT2D eigenvalue weighted by atomic mass is 9.78. The predicted octanol–water partition coefficient (Wildman–Crippen LogP) is 9.30. The normalized spacial score (nSPS) is 24.5. The summed E-state index contributed by atoms with van der Waals surface area (Å²) >= 11 is 0. The van der Waals surface area contributed by atoms with Gasteiger partial charge >= 0.3 is 6.18 Å². The Bertz CT molecular complexity index is 1240. The molecule has 9 heteroatoms. The van der Waals surface area contributed by atoms with Crippen LogP contribution in [0.25, 0.3) is 11.6 Å². The Hall–Kier alpha value is -2.97. The van der Waals surface area contributed by atoms with Crippen LogP contribution in [0.5, 0.6) is 0 Å². The lowest BCUT2D eigenvalue weighted by Gasteiger charge is -2.27. The van der Waals surface area contributed by atoms with E-state index in [9.17, 15) is 30.7 Å². The topological polar surface area (TPSA) is 0 Å². The zero-order valence-electron chi connectivity index (χ0n) is 19.2. The number of hydrogen-bond donors (Lipinski definition) is 0. The Morgan fingerprint density at radius 1 is 0.889 bits per heavy atom. The number of benzene rings is 2. The number of alkyl halides is 3. The smallest absolute Gasteiger partial charge is 0.211 e. The molecule has 2 aromatic rings. The molecule has 2 aliphatic rings. The molecule has 2 aliphatic carbocycles. The SMILES string of the molecule is CCC1CC1c1cc(F)c(C2C=C(F)C(c3cc(F)c(/C=C/C(F)(F)F)c(F)c3)=C(F)C2C)c(F)c1. The first-order valence-electron chi connectivity index (χ1n) is 11.3. The first kappa shape index (κ1) is 26.1. The summed E-state index contributed by atoms with van der Waals surface area (Å²) in [6.07, 6.45) is -2.58. The highest BCUT2D eigenvalue weighted by atomic mass is 19.4. The van der Waals surface area contributed by atoms with Gasteiger partial charge in [-0.3, -0.25) is 0 Å². The Kier molecular flexibility index (Phi) is 6.88. The molecule has 0 amide bonds. The van der Waals surface area contributed by atoms with E-state index in [2.05, 4.69) is 0 Å². The van der Waals surface area contributed by atoms with Gasteiger partial charge in [-0.2, -0.15) is 13.2 Å². The summed E-state index contributed by atoms with van der Waals surface area (Å²) in [7, 11) is 0. The van der Waals surface area contributed by atoms with E-state index in [1.807, 2.05) is 6.92 Å². The van der Waals surface area contributed by atoms with Crippen molar-refractivity contribution in [3.05, 3.63) is 93.6 Å². The van der Waals surface area contributed by atoms with Crippen molar-refractivity contribution in [1.29, 1.82) is 0 Å². The maximum absolute atomic E-state index is 15.3. The minimum Gasteiger partial charge on any atom is -0.211 e. The highest BCUT2D eigenvalue weighted by Gasteiger charge is 2.39. The van der Waals surface area contributed by atoms with Crippen LogP contribution in [0.3, 0.4) is 0 Å². The Labute approximate surface area is 201 Å². The van der Waals surface area contributed by atoms with Crippen LogP contribution in [0, 0.1) is 35.1 Å². The number of allylic oxidation sites excluding steroid dienone is 5. The summed E-state index contributed by atoms with van der Waals surface area (Å²) in [6, 6.07) is 3.35. The second-order valence-corrected chi connectivity index (χ2v) is 9.19.